The Morgan fingerprint density at radius 1 is 1.11 bits per heavy atom. The highest BCUT2D eigenvalue weighted by atomic mass is 32.2. The number of hydrogen-bond acceptors (Lipinski definition) is 4. The van der Waals surface area contributed by atoms with E-state index in [2.05, 4.69) is 15.0 Å². The fourth-order valence-electron chi connectivity index (χ4n) is 2.77. The molecule has 2 aromatic carbocycles. The molecule has 0 spiro atoms. The first kappa shape index (κ1) is 19.6. The summed E-state index contributed by atoms with van der Waals surface area (Å²) < 4.78 is 29.6. The number of nitrogens with zero attached hydrogens (tertiary/aromatic N) is 2. The molecule has 7 nitrogen and oxygen atoms in total. The van der Waals surface area contributed by atoms with Crippen LogP contribution in [0.15, 0.2) is 72.1 Å². The van der Waals surface area contributed by atoms with Crippen molar-refractivity contribution in [3.05, 3.63) is 78.4 Å². The Balaban J connectivity index is 1.66. The largest absolute Gasteiger partial charge is 0.352 e. The molecule has 0 atom stereocenters. The SMILES string of the molecule is Cc1c(NS(=O)(=O)c2ccccc2)cccc1C(=O)NCCCn1ccnc1. The van der Waals surface area contributed by atoms with Crippen molar-refractivity contribution < 1.29 is 13.2 Å². The van der Waals surface area contributed by atoms with E-state index in [0.29, 0.717) is 23.4 Å². The third kappa shape index (κ3) is 4.77. The molecule has 0 fully saturated rings. The van der Waals surface area contributed by atoms with E-state index in [9.17, 15) is 13.2 Å². The van der Waals surface area contributed by atoms with Crippen LogP contribution in [0.2, 0.25) is 0 Å². The second-order valence-corrected chi connectivity index (χ2v) is 7.99. The van der Waals surface area contributed by atoms with Crippen molar-refractivity contribution in [2.24, 2.45) is 0 Å². The molecule has 3 aromatic rings. The normalized spacial score (nSPS) is 11.2. The molecule has 0 saturated carbocycles. The zero-order valence-corrected chi connectivity index (χ0v) is 16.3. The second kappa shape index (κ2) is 8.71. The van der Waals surface area contributed by atoms with Gasteiger partial charge >= 0.3 is 0 Å². The first-order valence-corrected chi connectivity index (χ1v) is 10.4. The number of hydrogen-bond donors (Lipinski definition) is 2. The molecule has 0 saturated heterocycles. The molecule has 1 aromatic heterocycles. The zero-order chi connectivity index (χ0) is 20.0. The van der Waals surface area contributed by atoms with E-state index >= 15 is 0 Å². The van der Waals surface area contributed by atoms with Crippen LogP contribution in [-0.4, -0.2) is 30.4 Å². The monoisotopic (exact) mass is 398 g/mol. The van der Waals surface area contributed by atoms with Gasteiger partial charge in [-0.05, 0) is 43.2 Å². The third-order valence-electron chi connectivity index (χ3n) is 4.31. The van der Waals surface area contributed by atoms with Crippen LogP contribution >= 0.6 is 0 Å². The van der Waals surface area contributed by atoms with Crippen LogP contribution < -0.4 is 10.0 Å². The predicted octanol–water partition coefficient (Wildman–Crippen LogP) is 2.81. The van der Waals surface area contributed by atoms with E-state index in [4.69, 9.17) is 0 Å². The molecule has 0 aliphatic rings. The minimum Gasteiger partial charge on any atom is -0.352 e. The molecule has 0 bridgehead atoms. The molecule has 146 valence electrons. The number of amides is 1. The summed E-state index contributed by atoms with van der Waals surface area (Å²) in [5.74, 6) is -0.233. The molecule has 0 unspecified atom stereocenters. The Hall–Kier alpha value is -3.13. The summed E-state index contributed by atoms with van der Waals surface area (Å²) in [6.45, 7) is 3.00. The van der Waals surface area contributed by atoms with E-state index in [-0.39, 0.29) is 10.8 Å². The Kier molecular flexibility index (Phi) is 6.10. The third-order valence-corrected chi connectivity index (χ3v) is 5.70. The van der Waals surface area contributed by atoms with Gasteiger partial charge in [0, 0.05) is 31.0 Å². The number of sulfonamides is 1. The van der Waals surface area contributed by atoms with Crippen LogP contribution in [0, 0.1) is 6.92 Å². The lowest BCUT2D eigenvalue weighted by Gasteiger charge is -2.14. The van der Waals surface area contributed by atoms with Gasteiger partial charge < -0.3 is 9.88 Å². The number of carbonyl (C=O) groups excluding carboxylic acids is 1. The zero-order valence-electron chi connectivity index (χ0n) is 15.5. The minimum absolute atomic E-state index is 0.170. The summed E-state index contributed by atoms with van der Waals surface area (Å²) in [7, 11) is -3.71. The Bertz CT molecular complexity index is 1030. The van der Waals surface area contributed by atoms with Crippen LogP contribution in [-0.2, 0) is 16.6 Å². The first-order chi connectivity index (χ1) is 13.5. The van der Waals surface area contributed by atoms with Gasteiger partial charge in [0.2, 0.25) is 0 Å². The van der Waals surface area contributed by atoms with E-state index in [1.54, 1.807) is 55.8 Å². The Morgan fingerprint density at radius 2 is 1.89 bits per heavy atom. The fraction of sp³-hybridized carbons (Fsp3) is 0.200. The minimum atomic E-state index is -3.71. The number of rotatable bonds is 8. The smallest absolute Gasteiger partial charge is 0.261 e. The molecule has 1 amide bonds. The summed E-state index contributed by atoms with van der Waals surface area (Å²) >= 11 is 0. The lowest BCUT2D eigenvalue weighted by atomic mass is 10.1. The van der Waals surface area contributed by atoms with Gasteiger partial charge in [0.15, 0.2) is 0 Å². The second-order valence-electron chi connectivity index (χ2n) is 6.31. The Labute approximate surface area is 164 Å². The average Bonchev–Trinajstić information content (AvgIpc) is 3.21. The maximum absolute atomic E-state index is 12.5. The van der Waals surface area contributed by atoms with Crippen LogP contribution in [0.1, 0.15) is 22.3 Å². The summed E-state index contributed by atoms with van der Waals surface area (Å²) in [4.78, 5) is 16.7. The van der Waals surface area contributed by atoms with Crippen molar-refractivity contribution in [3.8, 4) is 0 Å². The molecule has 28 heavy (non-hydrogen) atoms. The van der Waals surface area contributed by atoms with Crippen LogP contribution in [0.25, 0.3) is 0 Å². The quantitative estimate of drug-likeness (QED) is 0.571. The number of anilines is 1. The summed E-state index contributed by atoms with van der Waals surface area (Å²) in [5.41, 5.74) is 1.40. The Morgan fingerprint density at radius 3 is 2.61 bits per heavy atom. The highest BCUT2D eigenvalue weighted by Crippen LogP contribution is 2.22. The number of aryl methyl sites for hydroxylation is 1. The van der Waals surface area contributed by atoms with E-state index in [1.807, 2.05) is 10.8 Å². The van der Waals surface area contributed by atoms with E-state index < -0.39 is 10.0 Å². The van der Waals surface area contributed by atoms with Gasteiger partial charge in [-0.3, -0.25) is 9.52 Å². The summed E-state index contributed by atoms with van der Waals surface area (Å²) in [6, 6.07) is 13.1. The molecule has 8 heteroatoms. The molecular weight excluding hydrogens is 376 g/mol. The lowest BCUT2D eigenvalue weighted by molar-refractivity contribution is 0.0952. The molecule has 2 N–H and O–H groups in total. The standard InChI is InChI=1S/C20H22N4O3S/c1-16-18(20(25)22-11-6-13-24-14-12-21-15-24)9-5-10-19(16)23-28(26,27)17-7-3-2-4-8-17/h2-5,7-10,12,14-15,23H,6,11,13H2,1H3,(H,22,25). The molecular formula is C20H22N4O3S. The maximum Gasteiger partial charge on any atom is 0.261 e. The van der Waals surface area contributed by atoms with Gasteiger partial charge in [-0.15, -0.1) is 0 Å². The number of benzene rings is 2. The highest BCUT2D eigenvalue weighted by molar-refractivity contribution is 7.92. The number of imidazole rings is 1. The highest BCUT2D eigenvalue weighted by Gasteiger charge is 2.17. The fourth-order valence-corrected chi connectivity index (χ4v) is 3.92. The van der Waals surface area contributed by atoms with Gasteiger partial charge in [-0.1, -0.05) is 24.3 Å². The van der Waals surface area contributed by atoms with Gasteiger partial charge in [0.1, 0.15) is 0 Å². The maximum atomic E-state index is 12.5. The predicted molar refractivity (Wildman–Crippen MR) is 108 cm³/mol. The van der Waals surface area contributed by atoms with Gasteiger partial charge in [-0.25, -0.2) is 13.4 Å². The van der Waals surface area contributed by atoms with Crippen LogP contribution in [0.5, 0.6) is 0 Å². The van der Waals surface area contributed by atoms with Crippen molar-refractivity contribution in [1.82, 2.24) is 14.9 Å². The lowest BCUT2D eigenvalue weighted by Crippen LogP contribution is -2.26. The van der Waals surface area contributed by atoms with E-state index in [1.165, 1.54) is 12.1 Å². The number of aromatic nitrogens is 2. The summed E-state index contributed by atoms with van der Waals surface area (Å²) in [5, 5.41) is 2.87. The number of nitrogens with one attached hydrogen (secondary N) is 2. The van der Waals surface area contributed by atoms with Gasteiger partial charge in [0.25, 0.3) is 15.9 Å². The van der Waals surface area contributed by atoms with Crippen LogP contribution in [0.3, 0.4) is 0 Å². The summed E-state index contributed by atoms with van der Waals surface area (Å²) in [6.07, 6.45) is 6.08. The van der Waals surface area contributed by atoms with Crippen molar-refractivity contribution in [1.29, 1.82) is 0 Å². The molecule has 1 heterocycles. The topological polar surface area (TPSA) is 93.1 Å². The van der Waals surface area contributed by atoms with Crippen molar-refractivity contribution in [3.63, 3.8) is 0 Å². The van der Waals surface area contributed by atoms with Crippen molar-refractivity contribution in [2.75, 3.05) is 11.3 Å². The van der Waals surface area contributed by atoms with Crippen molar-refractivity contribution in [2.45, 2.75) is 24.8 Å². The molecule has 0 aliphatic heterocycles. The molecule has 0 radical (unpaired) electrons. The van der Waals surface area contributed by atoms with Crippen LogP contribution in [0.4, 0.5) is 5.69 Å². The molecule has 0 aliphatic carbocycles. The van der Waals surface area contributed by atoms with Gasteiger partial charge in [-0.2, -0.15) is 0 Å². The number of carbonyl (C=O) groups is 1. The van der Waals surface area contributed by atoms with Gasteiger partial charge in [0.05, 0.1) is 16.9 Å². The van der Waals surface area contributed by atoms with E-state index in [0.717, 1.165) is 13.0 Å². The first-order valence-electron chi connectivity index (χ1n) is 8.89. The average molecular weight is 398 g/mol. The van der Waals surface area contributed by atoms with Crippen molar-refractivity contribution >= 4 is 21.6 Å². The molecule has 3 rings (SSSR count).